The molecular formula is C29H21N. The molecule has 142 valence electrons. The van der Waals surface area contributed by atoms with Gasteiger partial charge in [-0.05, 0) is 86.8 Å². The van der Waals surface area contributed by atoms with E-state index in [9.17, 15) is 5.26 Å². The number of benzene rings is 5. The van der Waals surface area contributed by atoms with Crippen LogP contribution < -0.4 is 0 Å². The van der Waals surface area contributed by atoms with Gasteiger partial charge in [0.15, 0.2) is 0 Å². The molecule has 1 aliphatic rings. The quantitative estimate of drug-likeness (QED) is 0.274. The van der Waals surface area contributed by atoms with Crippen LogP contribution in [0, 0.1) is 11.3 Å². The Morgan fingerprint density at radius 2 is 1.43 bits per heavy atom. The second-order valence-electron chi connectivity index (χ2n) is 8.33. The van der Waals surface area contributed by atoms with Gasteiger partial charge in [0.05, 0.1) is 11.6 Å². The highest BCUT2D eigenvalue weighted by Gasteiger charge is 2.15. The summed E-state index contributed by atoms with van der Waals surface area (Å²) in [4.78, 5) is 0. The van der Waals surface area contributed by atoms with E-state index in [4.69, 9.17) is 0 Å². The molecule has 0 saturated heterocycles. The first-order chi connectivity index (χ1) is 14.8. The molecule has 1 heteroatoms. The smallest absolute Gasteiger partial charge is 0.0998 e. The molecule has 0 radical (unpaired) electrons. The van der Waals surface area contributed by atoms with Crippen molar-refractivity contribution in [3.05, 3.63) is 95.6 Å². The lowest BCUT2D eigenvalue weighted by atomic mass is 9.86. The van der Waals surface area contributed by atoms with Crippen LogP contribution in [0.1, 0.15) is 29.5 Å². The highest BCUT2D eigenvalue weighted by Crippen LogP contribution is 2.37. The lowest BCUT2D eigenvalue weighted by Gasteiger charge is -2.19. The predicted molar refractivity (Wildman–Crippen MR) is 126 cm³/mol. The van der Waals surface area contributed by atoms with Gasteiger partial charge in [0.1, 0.15) is 0 Å². The zero-order chi connectivity index (χ0) is 20.1. The first kappa shape index (κ1) is 17.2. The number of aryl methyl sites for hydroxylation is 2. The van der Waals surface area contributed by atoms with Gasteiger partial charge in [-0.2, -0.15) is 5.26 Å². The first-order valence-corrected chi connectivity index (χ1v) is 10.7. The van der Waals surface area contributed by atoms with Crippen molar-refractivity contribution in [3.8, 4) is 17.2 Å². The number of nitriles is 1. The van der Waals surface area contributed by atoms with Crippen LogP contribution in [-0.4, -0.2) is 0 Å². The van der Waals surface area contributed by atoms with Crippen molar-refractivity contribution in [1.82, 2.24) is 0 Å². The van der Waals surface area contributed by atoms with Gasteiger partial charge in [0.2, 0.25) is 0 Å². The Labute approximate surface area is 176 Å². The Hall–Kier alpha value is -3.63. The van der Waals surface area contributed by atoms with Crippen molar-refractivity contribution in [2.75, 3.05) is 0 Å². The lowest BCUT2D eigenvalue weighted by molar-refractivity contribution is 0.690. The van der Waals surface area contributed by atoms with E-state index < -0.39 is 0 Å². The number of nitrogens with zero attached hydrogens (tertiary/aromatic N) is 1. The zero-order valence-electron chi connectivity index (χ0n) is 16.8. The van der Waals surface area contributed by atoms with Crippen LogP contribution in [-0.2, 0) is 12.8 Å². The van der Waals surface area contributed by atoms with Crippen LogP contribution in [0.15, 0.2) is 78.9 Å². The van der Waals surface area contributed by atoms with Crippen LogP contribution in [0.2, 0.25) is 0 Å². The summed E-state index contributed by atoms with van der Waals surface area (Å²) in [7, 11) is 0. The maximum absolute atomic E-state index is 9.76. The van der Waals surface area contributed by atoms with Crippen LogP contribution >= 0.6 is 0 Å². The maximum Gasteiger partial charge on any atom is 0.0998 e. The van der Waals surface area contributed by atoms with E-state index >= 15 is 0 Å². The van der Waals surface area contributed by atoms with Crippen LogP contribution in [0.4, 0.5) is 0 Å². The Morgan fingerprint density at radius 1 is 0.633 bits per heavy atom. The molecule has 0 spiro atoms. The summed E-state index contributed by atoms with van der Waals surface area (Å²) < 4.78 is 0. The number of hydrogen-bond acceptors (Lipinski definition) is 1. The van der Waals surface area contributed by atoms with Gasteiger partial charge in [-0.3, -0.25) is 0 Å². The minimum atomic E-state index is 0.725. The Bertz CT molecular complexity index is 1500. The number of hydrogen-bond donors (Lipinski definition) is 0. The third-order valence-corrected chi connectivity index (χ3v) is 6.69. The topological polar surface area (TPSA) is 23.8 Å². The van der Waals surface area contributed by atoms with Gasteiger partial charge in [-0.1, -0.05) is 66.7 Å². The Morgan fingerprint density at radius 3 is 2.37 bits per heavy atom. The van der Waals surface area contributed by atoms with Crippen molar-refractivity contribution in [1.29, 1.82) is 5.26 Å². The molecule has 0 aliphatic heterocycles. The molecule has 5 aromatic carbocycles. The first-order valence-electron chi connectivity index (χ1n) is 10.7. The van der Waals surface area contributed by atoms with Crippen LogP contribution in [0.5, 0.6) is 0 Å². The van der Waals surface area contributed by atoms with Crippen molar-refractivity contribution >= 4 is 32.3 Å². The minimum absolute atomic E-state index is 0.725. The van der Waals surface area contributed by atoms with Gasteiger partial charge >= 0.3 is 0 Å². The number of rotatable bonds is 1. The van der Waals surface area contributed by atoms with Gasteiger partial charge in [-0.25, -0.2) is 0 Å². The average molecular weight is 383 g/mol. The molecule has 6 rings (SSSR count). The van der Waals surface area contributed by atoms with Gasteiger partial charge < -0.3 is 0 Å². The third-order valence-electron chi connectivity index (χ3n) is 6.69. The standard InChI is InChI=1S/C29H21N/c30-18-23-10-9-20-6-2-4-8-26(20)29(23)22-13-14-25-21(17-22)12-16-27-24-7-3-1-5-19(24)11-15-28(25)27/h2,4,6,8-17H,1,3,5,7H2. The van der Waals surface area contributed by atoms with E-state index in [0.717, 1.165) is 27.5 Å². The van der Waals surface area contributed by atoms with Crippen molar-refractivity contribution < 1.29 is 0 Å². The highest BCUT2D eigenvalue weighted by molar-refractivity contribution is 6.10. The van der Waals surface area contributed by atoms with E-state index in [-0.39, 0.29) is 0 Å². The summed E-state index contributed by atoms with van der Waals surface area (Å²) in [6.07, 6.45) is 5.00. The minimum Gasteiger partial charge on any atom is -0.192 e. The highest BCUT2D eigenvalue weighted by atomic mass is 14.3. The second-order valence-corrected chi connectivity index (χ2v) is 8.33. The summed E-state index contributed by atoms with van der Waals surface area (Å²) >= 11 is 0. The molecule has 1 nitrogen and oxygen atoms in total. The summed E-state index contributed by atoms with van der Waals surface area (Å²) in [5.41, 5.74) is 5.93. The van der Waals surface area contributed by atoms with E-state index in [1.165, 1.54) is 52.8 Å². The molecule has 0 N–H and O–H groups in total. The van der Waals surface area contributed by atoms with Crippen molar-refractivity contribution in [3.63, 3.8) is 0 Å². The molecule has 0 bridgehead atoms. The van der Waals surface area contributed by atoms with E-state index in [1.807, 2.05) is 24.3 Å². The average Bonchev–Trinajstić information content (AvgIpc) is 2.82. The van der Waals surface area contributed by atoms with Crippen molar-refractivity contribution in [2.45, 2.75) is 25.7 Å². The molecule has 0 saturated carbocycles. The third kappa shape index (κ3) is 2.54. The molecular weight excluding hydrogens is 362 g/mol. The Kier molecular flexibility index (Phi) is 3.86. The molecule has 0 atom stereocenters. The normalized spacial score (nSPS) is 13.4. The fourth-order valence-corrected chi connectivity index (χ4v) is 5.23. The summed E-state index contributed by atoms with van der Waals surface area (Å²) in [6, 6.07) is 30.6. The molecule has 0 heterocycles. The van der Waals surface area contributed by atoms with Crippen LogP contribution in [0.3, 0.4) is 0 Å². The summed E-state index contributed by atoms with van der Waals surface area (Å²) in [6.45, 7) is 0. The molecule has 0 aromatic heterocycles. The fourth-order valence-electron chi connectivity index (χ4n) is 5.23. The monoisotopic (exact) mass is 383 g/mol. The molecule has 5 aromatic rings. The molecule has 0 amide bonds. The lowest BCUT2D eigenvalue weighted by Crippen LogP contribution is -2.03. The van der Waals surface area contributed by atoms with Crippen LogP contribution in [0.25, 0.3) is 43.4 Å². The van der Waals surface area contributed by atoms with Gasteiger partial charge in [-0.15, -0.1) is 0 Å². The zero-order valence-corrected chi connectivity index (χ0v) is 16.8. The maximum atomic E-state index is 9.76. The second kappa shape index (κ2) is 6.71. The summed E-state index contributed by atoms with van der Waals surface area (Å²) in [5.74, 6) is 0. The van der Waals surface area contributed by atoms with Gasteiger partial charge in [0, 0.05) is 5.56 Å². The van der Waals surface area contributed by atoms with E-state index in [2.05, 4.69) is 60.7 Å². The van der Waals surface area contributed by atoms with Gasteiger partial charge in [0.25, 0.3) is 0 Å². The molecule has 30 heavy (non-hydrogen) atoms. The largest absolute Gasteiger partial charge is 0.192 e. The Balaban J connectivity index is 1.61. The number of fused-ring (bicyclic) bond motifs is 6. The van der Waals surface area contributed by atoms with E-state index in [0.29, 0.717) is 0 Å². The molecule has 1 aliphatic carbocycles. The van der Waals surface area contributed by atoms with E-state index in [1.54, 1.807) is 5.56 Å². The SMILES string of the molecule is N#Cc1ccc2ccccc2c1-c1ccc2c(ccc3c4c(ccc32)CCCC4)c1. The molecule has 0 unspecified atom stereocenters. The van der Waals surface area contributed by atoms with Crippen molar-refractivity contribution in [2.24, 2.45) is 0 Å². The summed E-state index contributed by atoms with van der Waals surface area (Å²) in [5, 5.41) is 17.3. The molecule has 0 fully saturated rings. The fraction of sp³-hybridized carbons (Fsp3) is 0.138. The predicted octanol–water partition coefficient (Wildman–Crippen LogP) is 7.56.